The number of aromatic hydroxyl groups is 1. The van der Waals surface area contributed by atoms with Crippen LogP contribution in [-0.2, 0) is 6.42 Å². The molecule has 1 aromatic carbocycles. The molecule has 0 radical (unpaired) electrons. The summed E-state index contributed by atoms with van der Waals surface area (Å²) in [6.07, 6.45) is 4.06. The van der Waals surface area contributed by atoms with Crippen molar-refractivity contribution in [3.8, 4) is 5.75 Å². The van der Waals surface area contributed by atoms with Gasteiger partial charge in [0, 0.05) is 10.4 Å². The van der Waals surface area contributed by atoms with Gasteiger partial charge in [-0.3, -0.25) is 5.43 Å². The van der Waals surface area contributed by atoms with Crippen LogP contribution in [0.4, 0.5) is 5.82 Å². The fourth-order valence-corrected chi connectivity index (χ4v) is 2.86. The highest BCUT2D eigenvalue weighted by atomic mass is 32.1. The zero-order valence-electron chi connectivity index (χ0n) is 11.4. The van der Waals surface area contributed by atoms with Crippen LogP contribution in [0.25, 0.3) is 10.2 Å². The summed E-state index contributed by atoms with van der Waals surface area (Å²) >= 11 is 1.66. The smallest absolute Gasteiger partial charge is 0.158 e. The molecule has 0 aliphatic heterocycles. The molecule has 3 rings (SSSR count). The van der Waals surface area contributed by atoms with Gasteiger partial charge in [0.25, 0.3) is 0 Å². The van der Waals surface area contributed by atoms with Crippen molar-refractivity contribution < 1.29 is 5.11 Å². The predicted molar refractivity (Wildman–Crippen MR) is 86.1 cm³/mol. The minimum atomic E-state index is 0.194. The van der Waals surface area contributed by atoms with E-state index in [1.165, 1.54) is 11.2 Å². The van der Waals surface area contributed by atoms with E-state index in [0.717, 1.165) is 16.6 Å². The zero-order chi connectivity index (χ0) is 14.7. The summed E-state index contributed by atoms with van der Waals surface area (Å²) in [5.41, 5.74) is 3.56. The minimum Gasteiger partial charge on any atom is -0.507 e. The molecule has 0 bridgehead atoms. The quantitative estimate of drug-likeness (QED) is 0.572. The molecule has 0 saturated carbocycles. The molecule has 5 nitrogen and oxygen atoms in total. The minimum absolute atomic E-state index is 0.194. The normalized spacial score (nSPS) is 11.3. The zero-order valence-corrected chi connectivity index (χ0v) is 12.3. The van der Waals surface area contributed by atoms with Crippen molar-refractivity contribution >= 4 is 33.6 Å². The van der Waals surface area contributed by atoms with E-state index in [4.69, 9.17) is 0 Å². The van der Waals surface area contributed by atoms with E-state index in [0.29, 0.717) is 11.4 Å². The number of phenols is 1. The molecule has 0 spiro atoms. The third-order valence-corrected chi connectivity index (χ3v) is 4.23. The summed E-state index contributed by atoms with van der Waals surface area (Å²) in [6.45, 7) is 2.11. The lowest BCUT2D eigenvalue weighted by Gasteiger charge is -2.00. The molecule has 0 aliphatic carbocycles. The maximum atomic E-state index is 9.67. The first-order valence-corrected chi connectivity index (χ1v) is 7.40. The van der Waals surface area contributed by atoms with E-state index in [9.17, 15) is 5.11 Å². The highest BCUT2D eigenvalue weighted by molar-refractivity contribution is 7.18. The van der Waals surface area contributed by atoms with Gasteiger partial charge >= 0.3 is 0 Å². The summed E-state index contributed by atoms with van der Waals surface area (Å²) in [6, 6.07) is 9.10. The number of nitrogens with one attached hydrogen (secondary N) is 1. The highest BCUT2D eigenvalue weighted by Crippen LogP contribution is 2.28. The van der Waals surface area contributed by atoms with Gasteiger partial charge in [-0.15, -0.1) is 11.3 Å². The number of rotatable bonds is 4. The number of hydrogen-bond donors (Lipinski definition) is 2. The van der Waals surface area contributed by atoms with Crippen LogP contribution < -0.4 is 5.43 Å². The van der Waals surface area contributed by atoms with Gasteiger partial charge in [0.15, 0.2) is 5.82 Å². The maximum Gasteiger partial charge on any atom is 0.158 e. The molecular weight excluding hydrogens is 284 g/mol. The van der Waals surface area contributed by atoms with Gasteiger partial charge in [-0.05, 0) is 24.6 Å². The lowest BCUT2D eigenvalue weighted by atomic mass is 10.2. The van der Waals surface area contributed by atoms with Crippen molar-refractivity contribution in [2.45, 2.75) is 13.3 Å². The number of para-hydroxylation sites is 1. The van der Waals surface area contributed by atoms with E-state index in [1.807, 2.05) is 6.07 Å². The lowest BCUT2D eigenvalue weighted by Crippen LogP contribution is -1.94. The molecule has 0 atom stereocenters. The van der Waals surface area contributed by atoms with Gasteiger partial charge in [0.2, 0.25) is 0 Å². The van der Waals surface area contributed by atoms with Crippen molar-refractivity contribution in [1.82, 2.24) is 9.97 Å². The molecule has 2 aromatic heterocycles. The Morgan fingerprint density at radius 2 is 2.19 bits per heavy atom. The number of fused-ring (bicyclic) bond motifs is 1. The molecule has 6 heteroatoms. The van der Waals surface area contributed by atoms with Crippen LogP contribution in [0, 0.1) is 0 Å². The summed E-state index contributed by atoms with van der Waals surface area (Å²) in [4.78, 5) is 10.7. The van der Waals surface area contributed by atoms with Crippen molar-refractivity contribution in [1.29, 1.82) is 0 Å². The van der Waals surface area contributed by atoms with Crippen molar-refractivity contribution in [3.05, 3.63) is 47.1 Å². The Morgan fingerprint density at radius 1 is 1.33 bits per heavy atom. The third kappa shape index (κ3) is 2.85. The number of benzene rings is 1. The third-order valence-electron chi connectivity index (χ3n) is 3.04. The van der Waals surface area contributed by atoms with Gasteiger partial charge in [0.1, 0.15) is 16.9 Å². The standard InChI is InChI=1S/C15H14N4OS/c1-2-11-7-12-14(16-9-17-15(12)21-11)19-18-8-10-5-3-4-6-13(10)20/h3-9,20H,2H2,1H3,(H,16,17,19). The maximum absolute atomic E-state index is 9.67. The van der Waals surface area contributed by atoms with E-state index in [-0.39, 0.29) is 5.75 Å². The Morgan fingerprint density at radius 3 is 3.00 bits per heavy atom. The number of aromatic nitrogens is 2. The molecule has 0 unspecified atom stereocenters. The number of thiophene rings is 1. The first-order chi connectivity index (χ1) is 10.3. The first kappa shape index (κ1) is 13.5. The monoisotopic (exact) mass is 298 g/mol. The van der Waals surface area contributed by atoms with Gasteiger partial charge in [-0.1, -0.05) is 19.1 Å². The Kier molecular flexibility index (Phi) is 3.79. The molecule has 0 amide bonds. The Labute approximate surface area is 126 Å². The predicted octanol–water partition coefficient (Wildman–Crippen LogP) is 3.41. The van der Waals surface area contributed by atoms with Gasteiger partial charge in [-0.2, -0.15) is 5.10 Å². The van der Waals surface area contributed by atoms with Crippen LogP contribution >= 0.6 is 11.3 Å². The molecule has 3 aromatic rings. The Bertz CT molecular complexity index is 797. The average molecular weight is 298 g/mol. The fourth-order valence-electron chi connectivity index (χ4n) is 1.93. The van der Waals surface area contributed by atoms with Crippen LogP contribution in [0.1, 0.15) is 17.4 Å². The van der Waals surface area contributed by atoms with E-state index < -0.39 is 0 Å². The molecule has 106 valence electrons. The highest BCUT2D eigenvalue weighted by Gasteiger charge is 2.07. The van der Waals surface area contributed by atoms with Crippen molar-refractivity contribution in [2.24, 2.45) is 5.10 Å². The second kappa shape index (κ2) is 5.88. The SMILES string of the molecule is CCc1cc2c(NN=Cc3ccccc3O)ncnc2s1. The lowest BCUT2D eigenvalue weighted by molar-refractivity contribution is 0.474. The van der Waals surface area contributed by atoms with Gasteiger partial charge < -0.3 is 5.11 Å². The summed E-state index contributed by atoms with van der Waals surface area (Å²) in [5.74, 6) is 0.863. The van der Waals surface area contributed by atoms with E-state index in [2.05, 4.69) is 33.5 Å². The number of anilines is 1. The molecule has 21 heavy (non-hydrogen) atoms. The number of hydrogen-bond acceptors (Lipinski definition) is 6. The van der Waals surface area contributed by atoms with Crippen LogP contribution in [0.2, 0.25) is 0 Å². The number of aryl methyl sites for hydroxylation is 1. The molecule has 0 saturated heterocycles. The number of phenolic OH excluding ortho intramolecular Hbond substituents is 1. The summed E-state index contributed by atoms with van der Waals surface area (Å²) < 4.78 is 0. The van der Waals surface area contributed by atoms with Crippen LogP contribution in [0.15, 0.2) is 41.8 Å². The Balaban J connectivity index is 1.85. The second-order valence-corrected chi connectivity index (χ2v) is 5.55. The molecule has 2 N–H and O–H groups in total. The molecule has 0 fully saturated rings. The van der Waals surface area contributed by atoms with E-state index >= 15 is 0 Å². The van der Waals surface area contributed by atoms with Gasteiger partial charge in [-0.25, -0.2) is 9.97 Å². The molecule has 2 heterocycles. The number of hydrazone groups is 1. The first-order valence-electron chi connectivity index (χ1n) is 6.58. The van der Waals surface area contributed by atoms with Crippen molar-refractivity contribution in [2.75, 3.05) is 5.43 Å². The number of nitrogens with zero attached hydrogens (tertiary/aromatic N) is 3. The molecule has 0 aliphatic rings. The van der Waals surface area contributed by atoms with Crippen LogP contribution in [-0.4, -0.2) is 21.3 Å². The average Bonchev–Trinajstić information content (AvgIpc) is 2.93. The van der Waals surface area contributed by atoms with Crippen LogP contribution in [0.3, 0.4) is 0 Å². The topological polar surface area (TPSA) is 70.4 Å². The second-order valence-electron chi connectivity index (χ2n) is 4.44. The largest absolute Gasteiger partial charge is 0.507 e. The van der Waals surface area contributed by atoms with Gasteiger partial charge in [0.05, 0.1) is 11.6 Å². The summed E-state index contributed by atoms with van der Waals surface area (Å²) in [5, 5.41) is 14.8. The summed E-state index contributed by atoms with van der Waals surface area (Å²) in [7, 11) is 0. The Hall–Kier alpha value is -2.47. The fraction of sp³-hybridized carbons (Fsp3) is 0.133. The van der Waals surface area contributed by atoms with E-state index in [1.54, 1.807) is 35.8 Å². The van der Waals surface area contributed by atoms with Crippen LogP contribution in [0.5, 0.6) is 5.75 Å². The van der Waals surface area contributed by atoms with Crippen molar-refractivity contribution in [3.63, 3.8) is 0 Å². The molecular formula is C15H14N4OS.